The van der Waals surface area contributed by atoms with E-state index in [-0.39, 0.29) is 28.7 Å². The minimum absolute atomic E-state index is 0.0719. The predicted octanol–water partition coefficient (Wildman–Crippen LogP) is 1.59. The van der Waals surface area contributed by atoms with Gasteiger partial charge < -0.3 is 9.64 Å². The fourth-order valence-corrected chi connectivity index (χ4v) is 6.83. The van der Waals surface area contributed by atoms with Gasteiger partial charge in [0.1, 0.15) is 5.75 Å². The number of thioether (sulfide) groups is 1. The highest BCUT2D eigenvalue weighted by atomic mass is 32.2. The number of hydrogen-bond acceptors (Lipinski definition) is 5. The van der Waals surface area contributed by atoms with Crippen molar-refractivity contribution in [3.05, 3.63) is 42.5 Å². The van der Waals surface area contributed by atoms with E-state index in [9.17, 15) is 13.2 Å². The van der Waals surface area contributed by atoms with Crippen molar-refractivity contribution < 1.29 is 17.9 Å². The largest absolute Gasteiger partial charge is 0.497 e. The van der Waals surface area contributed by atoms with Gasteiger partial charge in [0.2, 0.25) is 0 Å². The molecule has 2 aliphatic rings. The van der Waals surface area contributed by atoms with Crippen molar-refractivity contribution in [3.63, 3.8) is 0 Å². The lowest BCUT2D eigenvalue weighted by Gasteiger charge is -2.22. The average Bonchev–Trinajstić information content (AvgIpc) is 3.00. The summed E-state index contributed by atoms with van der Waals surface area (Å²) in [6.07, 6.45) is 1.70. The van der Waals surface area contributed by atoms with E-state index >= 15 is 0 Å². The first kappa shape index (κ1) is 17.0. The Morgan fingerprint density at radius 1 is 1.42 bits per heavy atom. The number of sulfone groups is 1. The molecule has 2 fully saturated rings. The number of methoxy groups -OCH3 is 1. The molecule has 0 bridgehead atoms. The number of ether oxygens (including phenoxy) is 1. The number of benzene rings is 1. The number of fused-ring (bicyclic) bond motifs is 1. The molecule has 2 heterocycles. The number of carbonyl (C=O) groups excluding carboxylic acids is 1. The second-order valence-electron chi connectivity index (χ2n) is 5.67. The fourth-order valence-electron chi connectivity index (χ4n) is 2.87. The monoisotopic (exact) mass is 366 g/mol. The average molecular weight is 366 g/mol. The maximum absolute atomic E-state index is 12.4. The van der Waals surface area contributed by atoms with E-state index in [1.54, 1.807) is 37.5 Å². The lowest BCUT2D eigenvalue weighted by molar-refractivity contribution is 0.100. The summed E-state index contributed by atoms with van der Waals surface area (Å²) in [6.45, 7) is 4.18. The van der Waals surface area contributed by atoms with E-state index in [0.717, 1.165) is 0 Å². The van der Waals surface area contributed by atoms with Gasteiger partial charge in [-0.05, 0) is 24.3 Å². The van der Waals surface area contributed by atoms with E-state index in [0.29, 0.717) is 23.0 Å². The Morgan fingerprint density at radius 2 is 2.12 bits per heavy atom. The standard InChI is InChI=1S/C16H18N2O4S2/c1-3-8-18-13-9-24(20,21)10-14(13)23-16(18)17-15(19)11-4-6-12(22-2)7-5-11/h3-7,13-14H,1,8-10H2,2H3/t13-,14+/m0/s1. The Hall–Kier alpha value is -1.80. The minimum Gasteiger partial charge on any atom is -0.497 e. The highest BCUT2D eigenvalue weighted by Crippen LogP contribution is 2.38. The number of carbonyl (C=O) groups is 1. The first-order chi connectivity index (χ1) is 11.4. The molecular weight excluding hydrogens is 348 g/mol. The van der Waals surface area contributed by atoms with Crippen LogP contribution in [0.3, 0.4) is 0 Å². The molecule has 2 aliphatic heterocycles. The molecule has 2 atom stereocenters. The van der Waals surface area contributed by atoms with Crippen LogP contribution in [0, 0.1) is 0 Å². The Balaban J connectivity index is 1.83. The van der Waals surface area contributed by atoms with Gasteiger partial charge in [-0.2, -0.15) is 4.99 Å². The first-order valence-corrected chi connectivity index (χ1v) is 10.2. The Labute approximate surface area is 145 Å². The van der Waals surface area contributed by atoms with Crippen molar-refractivity contribution in [3.8, 4) is 5.75 Å². The van der Waals surface area contributed by atoms with E-state index in [1.807, 2.05) is 4.90 Å². The summed E-state index contributed by atoms with van der Waals surface area (Å²) in [4.78, 5) is 18.5. The highest BCUT2D eigenvalue weighted by molar-refractivity contribution is 8.15. The zero-order valence-corrected chi connectivity index (χ0v) is 14.8. The van der Waals surface area contributed by atoms with Crippen LogP contribution < -0.4 is 4.74 Å². The smallest absolute Gasteiger partial charge is 0.279 e. The highest BCUT2D eigenvalue weighted by Gasteiger charge is 2.48. The summed E-state index contributed by atoms with van der Waals surface area (Å²) in [6, 6.07) is 6.60. The molecule has 6 nitrogen and oxygen atoms in total. The van der Waals surface area contributed by atoms with E-state index in [4.69, 9.17) is 4.74 Å². The van der Waals surface area contributed by atoms with Gasteiger partial charge in [0.15, 0.2) is 15.0 Å². The molecule has 0 unspecified atom stereocenters. The van der Waals surface area contributed by atoms with E-state index < -0.39 is 9.84 Å². The van der Waals surface area contributed by atoms with Gasteiger partial charge in [-0.1, -0.05) is 17.8 Å². The van der Waals surface area contributed by atoms with Crippen LogP contribution in [0.1, 0.15) is 10.4 Å². The first-order valence-electron chi connectivity index (χ1n) is 7.45. The molecule has 1 amide bonds. The SMILES string of the molecule is C=CCN1C(=NC(=O)c2ccc(OC)cc2)S[C@@H]2CS(=O)(=O)C[C@@H]21. The lowest BCUT2D eigenvalue weighted by atomic mass is 10.2. The molecule has 0 N–H and O–H groups in total. The Bertz CT molecular complexity index is 787. The van der Waals surface area contributed by atoms with Crippen LogP contribution in [-0.4, -0.2) is 60.8 Å². The number of aliphatic imine (C=N–C) groups is 1. The van der Waals surface area contributed by atoms with E-state index in [2.05, 4.69) is 11.6 Å². The van der Waals surface area contributed by atoms with Gasteiger partial charge in [0.25, 0.3) is 5.91 Å². The maximum Gasteiger partial charge on any atom is 0.279 e. The Kier molecular flexibility index (Phi) is 4.69. The number of rotatable bonds is 4. The van der Waals surface area contributed by atoms with Crippen molar-refractivity contribution in [1.82, 2.24) is 4.90 Å². The summed E-state index contributed by atoms with van der Waals surface area (Å²) in [5, 5.41) is 0.498. The molecule has 0 aliphatic carbocycles. The minimum atomic E-state index is -3.02. The third-order valence-corrected chi connectivity index (χ3v) is 7.28. The molecule has 2 saturated heterocycles. The van der Waals surface area contributed by atoms with Crippen LogP contribution in [0.25, 0.3) is 0 Å². The molecular formula is C16H18N2O4S2. The molecule has 128 valence electrons. The van der Waals surface area contributed by atoms with Gasteiger partial charge >= 0.3 is 0 Å². The quantitative estimate of drug-likeness (QED) is 0.754. The van der Waals surface area contributed by atoms with Crippen molar-refractivity contribution in [2.24, 2.45) is 4.99 Å². The number of amides is 1. The van der Waals surface area contributed by atoms with Gasteiger partial charge in [0, 0.05) is 17.4 Å². The van der Waals surface area contributed by atoms with Gasteiger partial charge in [-0.25, -0.2) is 8.42 Å². The molecule has 8 heteroatoms. The van der Waals surface area contributed by atoms with Crippen LogP contribution in [0.4, 0.5) is 0 Å². The lowest BCUT2D eigenvalue weighted by Crippen LogP contribution is -2.37. The zero-order chi connectivity index (χ0) is 17.3. The van der Waals surface area contributed by atoms with Gasteiger partial charge in [-0.15, -0.1) is 6.58 Å². The summed E-state index contributed by atoms with van der Waals surface area (Å²) in [5.41, 5.74) is 0.465. The fraction of sp³-hybridized carbons (Fsp3) is 0.375. The summed E-state index contributed by atoms with van der Waals surface area (Å²) >= 11 is 1.37. The molecule has 0 aromatic heterocycles. The van der Waals surface area contributed by atoms with Crippen molar-refractivity contribution >= 4 is 32.7 Å². The Morgan fingerprint density at radius 3 is 2.75 bits per heavy atom. The van der Waals surface area contributed by atoms with Crippen molar-refractivity contribution in [1.29, 1.82) is 0 Å². The van der Waals surface area contributed by atoms with Gasteiger partial charge in [-0.3, -0.25) is 4.79 Å². The molecule has 0 radical (unpaired) electrons. The van der Waals surface area contributed by atoms with Crippen LogP contribution in [0.2, 0.25) is 0 Å². The second-order valence-corrected chi connectivity index (χ2v) is 9.03. The third-order valence-electron chi connectivity index (χ3n) is 4.03. The molecule has 24 heavy (non-hydrogen) atoms. The summed E-state index contributed by atoms with van der Waals surface area (Å²) < 4.78 is 28.7. The topological polar surface area (TPSA) is 76.0 Å². The molecule has 0 saturated carbocycles. The van der Waals surface area contributed by atoms with Gasteiger partial charge in [0.05, 0.1) is 24.7 Å². The van der Waals surface area contributed by atoms with Crippen LogP contribution in [-0.2, 0) is 9.84 Å². The summed E-state index contributed by atoms with van der Waals surface area (Å²) in [5.74, 6) is 0.555. The zero-order valence-electron chi connectivity index (χ0n) is 13.2. The normalized spacial score (nSPS) is 26.4. The maximum atomic E-state index is 12.4. The molecule has 3 rings (SSSR count). The number of hydrogen-bond donors (Lipinski definition) is 0. The van der Waals surface area contributed by atoms with Crippen LogP contribution in [0.15, 0.2) is 41.9 Å². The number of amidine groups is 1. The molecule has 0 spiro atoms. The third kappa shape index (κ3) is 3.34. The number of nitrogens with zero attached hydrogens (tertiary/aromatic N) is 2. The predicted molar refractivity (Wildman–Crippen MR) is 95.5 cm³/mol. The summed E-state index contributed by atoms with van der Waals surface area (Å²) in [7, 11) is -1.46. The van der Waals surface area contributed by atoms with Crippen LogP contribution >= 0.6 is 11.8 Å². The van der Waals surface area contributed by atoms with Crippen molar-refractivity contribution in [2.75, 3.05) is 25.2 Å². The molecule has 1 aromatic carbocycles. The second kappa shape index (κ2) is 6.60. The molecule has 1 aromatic rings. The van der Waals surface area contributed by atoms with Crippen molar-refractivity contribution in [2.45, 2.75) is 11.3 Å². The van der Waals surface area contributed by atoms with E-state index in [1.165, 1.54) is 11.8 Å². The van der Waals surface area contributed by atoms with Crippen LogP contribution in [0.5, 0.6) is 5.75 Å².